The fourth-order valence-corrected chi connectivity index (χ4v) is 4.10. The van der Waals surface area contributed by atoms with Crippen molar-refractivity contribution in [2.75, 3.05) is 0 Å². The van der Waals surface area contributed by atoms with E-state index < -0.39 is 21.4 Å². The summed E-state index contributed by atoms with van der Waals surface area (Å²) in [4.78, 5) is 14.0. The van der Waals surface area contributed by atoms with Crippen molar-refractivity contribution in [3.8, 4) is 51.0 Å². The molecule has 0 bridgehead atoms. The van der Waals surface area contributed by atoms with Crippen LogP contribution in [0.3, 0.4) is 0 Å². The molecule has 1 heterocycles. The molecule has 0 amide bonds. The van der Waals surface area contributed by atoms with Crippen LogP contribution >= 0.6 is 0 Å². The van der Waals surface area contributed by atoms with Crippen molar-refractivity contribution in [2.24, 2.45) is 0 Å². The summed E-state index contributed by atoms with van der Waals surface area (Å²) in [5, 5.41) is 0. The summed E-state index contributed by atoms with van der Waals surface area (Å²) in [5.41, 5.74) is -2.07. The van der Waals surface area contributed by atoms with Crippen LogP contribution in [-0.2, 0) is 10.1 Å². The highest BCUT2D eigenvalue weighted by Crippen LogP contribution is 2.31. The maximum absolute atomic E-state index is 12.7. The van der Waals surface area contributed by atoms with Gasteiger partial charge in [0.25, 0.3) is 0 Å². The molecule has 6 nitrogen and oxygen atoms in total. The summed E-state index contributed by atoms with van der Waals surface area (Å²) >= 11 is 0. The average molecular weight is 534 g/mol. The normalized spacial score (nSPS) is 11.8. The van der Waals surface area contributed by atoms with E-state index in [1.165, 1.54) is 12.1 Å². The van der Waals surface area contributed by atoms with Gasteiger partial charge in [-0.3, -0.25) is 0 Å². The van der Waals surface area contributed by atoms with Crippen molar-refractivity contribution >= 4 is 10.1 Å². The molecule has 1 aromatic heterocycles. The van der Waals surface area contributed by atoms with Gasteiger partial charge in [-0.15, -0.1) is 0 Å². The van der Waals surface area contributed by atoms with Crippen LogP contribution in [0.2, 0.25) is 0 Å². The number of halogens is 3. The first-order valence-electron chi connectivity index (χ1n) is 11.3. The number of rotatable bonds is 6. The van der Waals surface area contributed by atoms with Crippen LogP contribution in [0.15, 0.2) is 109 Å². The number of nitrogens with zero attached hydrogens (tertiary/aromatic N) is 3. The monoisotopic (exact) mass is 533 g/mol. The Hall–Kier alpha value is -4.57. The van der Waals surface area contributed by atoms with Gasteiger partial charge in [0, 0.05) is 16.7 Å². The summed E-state index contributed by atoms with van der Waals surface area (Å²) in [6, 6.07) is 31.5. The summed E-state index contributed by atoms with van der Waals surface area (Å²) in [7, 11) is -5.77. The first-order valence-corrected chi connectivity index (χ1v) is 12.7. The first kappa shape index (κ1) is 25.1. The third kappa shape index (κ3) is 5.40. The highest BCUT2D eigenvalue weighted by molar-refractivity contribution is 7.88. The lowest BCUT2D eigenvalue weighted by Gasteiger charge is -2.11. The molecule has 4 aromatic carbocycles. The van der Waals surface area contributed by atoms with E-state index in [-0.39, 0.29) is 0 Å². The van der Waals surface area contributed by atoms with Gasteiger partial charge in [0.1, 0.15) is 5.75 Å². The van der Waals surface area contributed by atoms with Crippen molar-refractivity contribution < 1.29 is 25.8 Å². The Morgan fingerprint density at radius 1 is 0.526 bits per heavy atom. The number of aromatic nitrogens is 3. The zero-order valence-electron chi connectivity index (χ0n) is 19.5. The molecule has 0 N–H and O–H groups in total. The lowest BCUT2D eigenvalue weighted by Crippen LogP contribution is -2.28. The fraction of sp³-hybridized carbons (Fsp3) is 0.0357. The summed E-state index contributed by atoms with van der Waals surface area (Å²) < 4.78 is 65.1. The zero-order valence-corrected chi connectivity index (χ0v) is 20.3. The van der Waals surface area contributed by atoms with E-state index in [2.05, 4.69) is 19.1 Å². The van der Waals surface area contributed by atoms with Crippen LogP contribution < -0.4 is 4.18 Å². The third-order valence-corrected chi connectivity index (χ3v) is 6.48. The van der Waals surface area contributed by atoms with Gasteiger partial charge < -0.3 is 4.18 Å². The smallest absolute Gasteiger partial charge is 0.376 e. The first-order chi connectivity index (χ1) is 18.2. The molecule has 5 rings (SSSR count). The summed E-state index contributed by atoms with van der Waals surface area (Å²) in [6.45, 7) is 0. The molecular weight excluding hydrogens is 515 g/mol. The lowest BCUT2D eigenvalue weighted by atomic mass is 10.0. The van der Waals surface area contributed by atoms with Crippen LogP contribution in [0.5, 0.6) is 5.75 Å². The molecule has 0 aliphatic heterocycles. The highest BCUT2D eigenvalue weighted by Gasteiger charge is 2.48. The molecule has 10 heteroatoms. The second kappa shape index (κ2) is 10.1. The van der Waals surface area contributed by atoms with E-state index in [9.17, 15) is 21.6 Å². The highest BCUT2D eigenvalue weighted by atomic mass is 32.2. The molecule has 0 spiro atoms. The average Bonchev–Trinajstić information content (AvgIpc) is 2.93. The molecule has 0 unspecified atom stereocenters. The minimum absolute atomic E-state index is 0.442. The third-order valence-electron chi connectivity index (χ3n) is 5.50. The quantitative estimate of drug-likeness (QED) is 0.177. The van der Waals surface area contributed by atoms with Gasteiger partial charge in [-0.05, 0) is 23.3 Å². The minimum atomic E-state index is -5.77. The van der Waals surface area contributed by atoms with Gasteiger partial charge in [-0.25, -0.2) is 15.0 Å². The van der Waals surface area contributed by atoms with Crippen LogP contribution in [0, 0.1) is 0 Å². The van der Waals surface area contributed by atoms with E-state index in [0.717, 1.165) is 17.2 Å². The van der Waals surface area contributed by atoms with E-state index in [1.807, 2.05) is 60.7 Å². The molecule has 0 radical (unpaired) electrons. The van der Waals surface area contributed by atoms with Gasteiger partial charge >= 0.3 is 15.6 Å². The number of benzene rings is 4. The maximum Gasteiger partial charge on any atom is 0.534 e. The molecule has 0 aliphatic carbocycles. The lowest BCUT2D eigenvalue weighted by molar-refractivity contribution is -0.0500. The molecular formula is C28H18F3N3O3S. The van der Waals surface area contributed by atoms with E-state index in [0.29, 0.717) is 34.2 Å². The Morgan fingerprint density at radius 2 is 0.947 bits per heavy atom. The molecule has 0 saturated heterocycles. The van der Waals surface area contributed by atoms with Crippen molar-refractivity contribution in [2.45, 2.75) is 5.51 Å². The second-order valence-electron chi connectivity index (χ2n) is 8.13. The van der Waals surface area contributed by atoms with Gasteiger partial charge in [-0.2, -0.15) is 21.6 Å². The Balaban J connectivity index is 1.49. The van der Waals surface area contributed by atoms with Crippen LogP contribution in [0.1, 0.15) is 0 Å². The van der Waals surface area contributed by atoms with Crippen LogP contribution in [0.25, 0.3) is 45.3 Å². The van der Waals surface area contributed by atoms with Gasteiger partial charge in [0.2, 0.25) is 0 Å². The Labute approximate surface area is 216 Å². The molecule has 190 valence electrons. The molecule has 38 heavy (non-hydrogen) atoms. The van der Waals surface area contributed by atoms with E-state index in [4.69, 9.17) is 0 Å². The molecule has 0 saturated carbocycles. The fourth-order valence-electron chi connectivity index (χ4n) is 3.65. The minimum Gasteiger partial charge on any atom is -0.376 e. The Morgan fingerprint density at radius 3 is 1.42 bits per heavy atom. The molecule has 0 fully saturated rings. The standard InChI is InChI=1S/C28H18F3N3O3S/c29-28(30,31)38(35,36)37-24-13-7-12-23(18-24)19-14-16-22(17-15-19)27-33-25(20-8-3-1-4-9-20)32-26(34-27)21-10-5-2-6-11-21/h1-18H. The van der Waals surface area contributed by atoms with Crippen molar-refractivity contribution in [1.82, 2.24) is 15.0 Å². The van der Waals surface area contributed by atoms with Crippen LogP contribution in [0.4, 0.5) is 13.2 Å². The Bertz CT molecular complexity index is 1620. The molecule has 0 atom stereocenters. The predicted molar refractivity (Wildman–Crippen MR) is 137 cm³/mol. The second-order valence-corrected chi connectivity index (χ2v) is 9.66. The summed E-state index contributed by atoms with van der Waals surface area (Å²) in [6.07, 6.45) is 0. The topological polar surface area (TPSA) is 82.0 Å². The molecule has 0 aliphatic rings. The summed E-state index contributed by atoms with van der Waals surface area (Å²) in [5.74, 6) is 1.02. The SMILES string of the molecule is O=S(=O)(Oc1cccc(-c2ccc(-c3nc(-c4ccccc4)nc(-c4ccccc4)n3)cc2)c1)C(F)(F)F. The number of hydrogen-bond acceptors (Lipinski definition) is 6. The Kier molecular flexibility index (Phi) is 6.64. The van der Waals surface area contributed by atoms with Crippen molar-refractivity contribution in [3.05, 3.63) is 109 Å². The predicted octanol–water partition coefficient (Wildman–Crippen LogP) is 6.77. The number of alkyl halides is 3. The maximum atomic E-state index is 12.7. The molecule has 5 aromatic rings. The van der Waals surface area contributed by atoms with E-state index in [1.54, 1.807) is 30.3 Å². The zero-order chi connectivity index (χ0) is 26.8. The van der Waals surface area contributed by atoms with Crippen molar-refractivity contribution in [1.29, 1.82) is 0 Å². The van der Waals surface area contributed by atoms with Gasteiger partial charge in [0.05, 0.1) is 0 Å². The van der Waals surface area contributed by atoms with Gasteiger partial charge in [0.15, 0.2) is 17.5 Å². The van der Waals surface area contributed by atoms with E-state index >= 15 is 0 Å². The largest absolute Gasteiger partial charge is 0.534 e. The van der Waals surface area contributed by atoms with Gasteiger partial charge in [-0.1, -0.05) is 97.1 Å². The van der Waals surface area contributed by atoms with Crippen molar-refractivity contribution in [3.63, 3.8) is 0 Å². The van der Waals surface area contributed by atoms with Crippen LogP contribution in [-0.4, -0.2) is 28.9 Å². The number of hydrogen-bond donors (Lipinski definition) is 0.